The fraction of sp³-hybridized carbons (Fsp3) is 0.417. The number of ether oxygens (including phenoxy) is 2. The van der Waals surface area contributed by atoms with E-state index in [1.165, 1.54) is 19.3 Å². The van der Waals surface area contributed by atoms with Crippen molar-refractivity contribution in [2.75, 3.05) is 33.9 Å². The summed E-state index contributed by atoms with van der Waals surface area (Å²) in [6, 6.07) is 7.73. The predicted molar refractivity (Wildman–Crippen MR) is 117 cm³/mol. The minimum Gasteiger partial charge on any atom is -0.497 e. The third kappa shape index (κ3) is 2.98. The molecular formula is C24H27N3O3. The Morgan fingerprint density at radius 3 is 2.50 bits per heavy atom. The van der Waals surface area contributed by atoms with Gasteiger partial charge < -0.3 is 14.4 Å². The summed E-state index contributed by atoms with van der Waals surface area (Å²) in [4.78, 5) is 16.0. The number of fused-ring (bicyclic) bond motifs is 2. The lowest BCUT2D eigenvalue weighted by molar-refractivity contribution is 0.103. The van der Waals surface area contributed by atoms with Gasteiger partial charge in [0, 0.05) is 29.1 Å². The summed E-state index contributed by atoms with van der Waals surface area (Å²) in [5, 5.41) is 5.93. The van der Waals surface area contributed by atoms with E-state index in [2.05, 4.69) is 15.6 Å². The molecule has 1 fully saturated rings. The van der Waals surface area contributed by atoms with E-state index in [1.54, 1.807) is 20.3 Å². The van der Waals surface area contributed by atoms with E-state index >= 15 is 0 Å². The Bertz CT molecular complexity index is 1140. The Balaban J connectivity index is 1.67. The number of ketones is 1. The van der Waals surface area contributed by atoms with Gasteiger partial charge in [-0.15, -0.1) is 0 Å². The minimum absolute atomic E-state index is 0.000944. The smallest absolute Gasteiger partial charge is 0.194 e. The van der Waals surface area contributed by atoms with Crippen LogP contribution < -0.4 is 9.47 Å². The van der Waals surface area contributed by atoms with Crippen LogP contribution in [0.5, 0.6) is 11.5 Å². The number of piperidine rings is 1. The highest BCUT2D eigenvalue weighted by Gasteiger charge is 2.32. The topological polar surface area (TPSA) is 56.6 Å². The molecule has 156 valence electrons. The van der Waals surface area contributed by atoms with Crippen molar-refractivity contribution >= 4 is 16.7 Å². The Morgan fingerprint density at radius 1 is 0.967 bits per heavy atom. The second-order valence-corrected chi connectivity index (χ2v) is 8.26. The van der Waals surface area contributed by atoms with Crippen LogP contribution in [0.4, 0.5) is 0 Å². The molecule has 0 atom stereocenters. The normalized spacial score (nSPS) is 16.0. The molecule has 2 heterocycles. The molecule has 2 aliphatic rings. The molecule has 0 unspecified atom stereocenters. The van der Waals surface area contributed by atoms with E-state index in [0.717, 1.165) is 53.9 Å². The van der Waals surface area contributed by atoms with Crippen LogP contribution in [-0.2, 0) is 6.54 Å². The van der Waals surface area contributed by atoms with Gasteiger partial charge in [-0.1, -0.05) is 6.42 Å². The summed E-state index contributed by atoms with van der Waals surface area (Å²) in [5.74, 6) is 1.22. The van der Waals surface area contributed by atoms with Gasteiger partial charge in [-0.05, 0) is 56.6 Å². The van der Waals surface area contributed by atoms with Crippen LogP contribution in [-0.4, -0.2) is 54.3 Å². The molecule has 5 rings (SSSR count). The van der Waals surface area contributed by atoms with Crippen molar-refractivity contribution in [1.29, 1.82) is 0 Å². The van der Waals surface area contributed by atoms with Crippen molar-refractivity contribution in [3.8, 4) is 22.8 Å². The number of carbonyl (C=O) groups is 1. The molecular weight excluding hydrogens is 378 g/mol. The van der Waals surface area contributed by atoms with Crippen LogP contribution in [0.25, 0.3) is 22.2 Å². The zero-order valence-electron chi connectivity index (χ0n) is 17.8. The number of benzene rings is 2. The zero-order valence-corrected chi connectivity index (χ0v) is 17.8. The van der Waals surface area contributed by atoms with Crippen molar-refractivity contribution in [3.63, 3.8) is 0 Å². The molecule has 0 amide bonds. The molecule has 0 spiro atoms. The van der Waals surface area contributed by atoms with Gasteiger partial charge in [0.1, 0.15) is 17.2 Å². The lowest BCUT2D eigenvalue weighted by atomic mass is 9.86. The molecule has 1 aromatic heterocycles. The first-order chi connectivity index (χ1) is 14.6. The summed E-state index contributed by atoms with van der Waals surface area (Å²) in [6.07, 6.45) is 3.88. The second-order valence-electron chi connectivity index (χ2n) is 8.26. The Hall–Kier alpha value is -2.86. The molecule has 6 nitrogen and oxygen atoms in total. The summed E-state index contributed by atoms with van der Waals surface area (Å²) >= 11 is 0. The van der Waals surface area contributed by atoms with Crippen molar-refractivity contribution in [3.05, 3.63) is 41.0 Å². The number of carbonyl (C=O) groups excluding carboxylic acids is 1. The molecule has 1 aliphatic heterocycles. The number of methoxy groups -OCH3 is 2. The number of nitrogens with zero attached hydrogens (tertiary/aromatic N) is 3. The minimum atomic E-state index is -0.000944. The van der Waals surface area contributed by atoms with Gasteiger partial charge in [-0.3, -0.25) is 9.48 Å². The van der Waals surface area contributed by atoms with Gasteiger partial charge in [0.2, 0.25) is 0 Å². The first kappa shape index (κ1) is 19.1. The number of hydrogen-bond donors (Lipinski definition) is 0. The molecule has 6 heteroatoms. The van der Waals surface area contributed by atoms with Gasteiger partial charge in [0.25, 0.3) is 0 Å². The second kappa shape index (κ2) is 7.43. The lowest BCUT2D eigenvalue weighted by Crippen LogP contribution is -2.32. The fourth-order valence-electron chi connectivity index (χ4n) is 4.83. The maximum Gasteiger partial charge on any atom is 0.194 e. The molecule has 0 N–H and O–H groups in total. The molecule has 1 aliphatic carbocycles. The number of likely N-dealkylation sites (tertiary alicyclic amines) is 1. The van der Waals surface area contributed by atoms with Gasteiger partial charge in [0.05, 0.1) is 31.8 Å². The van der Waals surface area contributed by atoms with Gasteiger partial charge in [-0.2, -0.15) is 5.10 Å². The Kier molecular flexibility index (Phi) is 4.74. The highest BCUT2D eigenvalue weighted by atomic mass is 16.5. The van der Waals surface area contributed by atoms with Crippen LogP contribution >= 0.6 is 0 Å². The summed E-state index contributed by atoms with van der Waals surface area (Å²) in [7, 11) is 3.22. The average Bonchev–Trinajstić information content (AvgIpc) is 3.14. The molecule has 0 radical (unpaired) electrons. The van der Waals surface area contributed by atoms with Crippen LogP contribution in [0.3, 0.4) is 0 Å². The molecule has 3 aromatic rings. The number of aryl methyl sites for hydroxylation is 1. The van der Waals surface area contributed by atoms with Gasteiger partial charge in [-0.25, -0.2) is 0 Å². The Labute approximate surface area is 176 Å². The summed E-state index contributed by atoms with van der Waals surface area (Å²) < 4.78 is 13.1. The van der Waals surface area contributed by atoms with E-state index in [4.69, 9.17) is 14.6 Å². The molecule has 1 saturated heterocycles. The van der Waals surface area contributed by atoms with E-state index in [-0.39, 0.29) is 5.78 Å². The van der Waals surface area contributed by atoms with E-state index in [0.29, 0.717) is 22.6 Å². The monoisotopic (exact) mass is 405 g/mol. The number of rotatable bonds is 5. The van der Waals surface area contributed by atoms with Crippen LogP contribution in [0, 0.1) is 6.92 Å². The number of hydrogen-bond acceptors (Lipinski definition) is 5. The predicted octanol–water partition coefficient (Wildman–Crippen LogP) is 4.06. The van der Waals surface area contributed by atoms with E-state index < -0.39 is 0 Å². The van der Waals surface area contributed by atoms with Crippen molar-refractivity contribution in [2.45, 2.75) is 32.7 Å². The molecule has 2 aromatic carbocycles. The van der Waals surface area contributed by atoms with Crippen LogP contribution in [0.2, 0.25) is 0 Å². The molecule has 0 saturated carbocycles. The van der Waals surface area contributed by atoms with Crippen molar-refractivity contribution < 1.29 is 14.3 Å². The lowest BCUT2D eigenvalue weighted by Gasteiger charge is -2.26. The first-order valence-corrected chi connectivity index (χ1v) is 10.7. The highest BCUT2D eigenvalue weighted by Crippen LogP contribution is 2.45. The van der Waals surface area contributed by atoms with Crippen LogP contribution in [0.1, 0.15) is 40.7 Å². The molecule has 30 heavy (non-hydrogen) atoms. The van der Waals surface area contributed by atoms with E-state index in [9.17, 15) is 4.79 Å². The maximum absolute atomic E-state index is 13.4. The van der Waals surface area contributed by atoms with E-state index in [1.807, 2.05) is 19.1 Å². The maximum atomic E-state index is 13.4. The van der Waals surface area contributed by atoms with Gasteiger partial charge in [0.15, 0.2) is 5.78 Å². The summed E-state index contributed by atoms with van der Waals surface area (Å²) in [6.45, 7) is 6.13. The first-order valence-electron chi connectivity index (χ1n) is 10.7. The Morgan fingerprint density at radius 2 is 1.77 bits per heavy atom. The standard InChI is InChI=1S/C24H27N3O3/c1-15-11-17-21-19(12-15)27(10-9-26-7-5-4-6-8-26)25-23(21)22-18(24(17)28)13-16(29-2)14-20(22)30-3/h11-14H,4-10H2,1-3H3. The zero-order chi connectivity index (χ0) is 20.8. The third-order valence-corrected chi connectivity index (χ3v) is 6.33. The third-order valence-electron chi connectivity index (χ3n) is 6.33. The largest absolute Gasteiger partial charge is 0.497 e. The SMILES string of the molecule is COc1cc(OC)c2c(c1)C(=O)c1cc(C)cc3c1c-2nn3CCN1CCCCC1. The highest BCUT2D eigenvalue weighted by molar-refractivity contribution is 6.26. The molecule has 0 bridgehead atoms. The van der Waals surface area contributed by atoms with Crippen LogP contribution in [0.15, 0.2) is 24.3 Å². The van der Waals surface area contributed by atoms with Crippen molar-refractivity contribution in [2.24, 2.45) is 0 Å². The van der Waals surface area contributed by atoms with Crippen molar-refractivity contribution in [1.82, 2.24) is 14.7 Å². The van der Waals surface area contributed by atoms with Gasteiger partial charge >= 0.3 is 0 Å². The summed E-state index contributed by atoms with van der Waals surface area (Å²) in [5.41, 5.74) is 4.98. The average molecular weight is 405 g/mol. The fourth-order valence-corrected chi connectivity index (χ4v) is 4.83. The number of aromatic nitrogens is 2. The quantitative estimate of drug-likeness (QED) is 0.501.